The van der Waals surface area contributed by atoms with Gasteiger partial charge in [-0.25, -0.2) is 9.98 Å². The molecule has 0 aliphatic carbocycles. The van der Waals surface area contributed by atoms with Gasteiger partial charge < -0.3 is 29.2 Å². The molecule has 8 bridgehead atoms. The molecule has 2 unspecified atom stereocenters. The molecule has 5 aromatic rings. The quantitative estimate of drug-likeness (QED) is 0.160. The summed E-state index contributed by atoms with van der Waals surface area (Å²) in [6.45, 7) is 0. The van der Waals surface area contributed by atoms with Crippen LogP contribution < -0.4 is 34.6 Å². The predicted molar refractivity (Wildman–Crippen MR) is 223 cm³/mol. The zero-order valence-corrected chi connectivity index (χ0v) is 33.1. The van der Waals surface area contributed by atoms with Crippen molar-refractivity contribution in [2.75, 3.05) is 28.4 Å². The molecule has 9 rings (SSSR count). The molecule has 1 saturated heterocycles. The first-order valence-electron chi connectivity index (χ1n) is 18.7. The van der Waals surface area contributed by atoms with Crippen molar-refractivity contribution in [1.29, 1.82) is 0 Å². The van der Waals surface area contributed by atoms with Gasteiger partial charge in [0.15, 0.2) is 0 Å². The third-order valence-electron chi connectivity index (χ3n) is 10.8. The molecule has 0 saturated carbocycles. The maximum absolute atomic E-state index is 5.62. The summed E-state index contributed by atoms with van der Waals surface area (Å²) in [4.78, 5) is 16.2. The first-order chi connectivity index (χ1) is 27.5. The minimum Gasteiger partial charge on any atom is -0.657 e. The summed E-state index contributed by atoms with van der Waals surface area (Å²) in [5, 5.41) is 7.23. The third kappa shape index (κ3) is 7.21. The number of rotatable bonds is 8. The minimum atomic E-state index is -0.110. The van der Waals surface area contributed by atoms with Gasteiger partial charge in [0, 0.05) is 0 Å². The van der Waals surface area contributed by atoms with E-state index in [0.717, 1.165) is 114 Å². The number of hydrogen-bond acceptors (Lipinski definition) is 6. The Kier molecular flexibility index (Phi) is 10.7. The molecule has 5 heterocycles. The van der Waals surface area contributed by atoms with Gasteiger partial charge in [-0.15, -0.1) is 22.8 Å². The predicted octanol–water partition coefficient (Wildman–Crippen LogP) is 7.84. The first-order valence-corrected chi connectivity index (χ1v) is 18.7. The van der Waals surface area contributed by atoms with E-state index in [-0.39, 0.29) is 28.9 Å². The van der Waals surface area contributed by atoms with Crippen molar-refractivity contribution in [1.82, 2.24) is 4.98 Å². The average Bonchev–Trinajstić information content (AvgIpc) is 4.10. The fourth-order valence-corrected chi connectivity index (χ4v) is 8.00. The Morgan fingerprint density at radius 2 is 0.772 bits per heavy atom. The number of hydrogen-bond donors (Lipinski definition) is 0. The smallest absolute Gasteiger partial charge is 0.657 e. The Balaban J connectivity index is 0.00000455. The van der Waals surface area contributed by atoms with Gasteiger partial charge in [0.1, 0.15) is 23.0 Å². The number of aromatic nitrogens is 1. The van der Waals surface area contributed by atoms with Gasteiger partial charge in [-0.2, -0.15) is 0 Å². The second kappa shape index (κ2) is 16.2. The van der Waals surface area contributed by atoms with Crippen LogP contribution in [0.2, 0.25) is 0 Å². The van der Waals surface area contributed by atoms with Gasteiger partial charge in [0.05, 0.1) is 51.3 Å². The molecular weight excluding hydrogens is 755 g/mol. The standard InChI is InChI=1S/C48H40N4O4.Co/c1-53-33-13-5-29(6-14-33)45-37-21-23-39(49-37)46(30-7-15-34(54-2)16-8-30)41-25-27-43(51-41)48(32-11-19-36(56-4)20-12-32)44-28-26-42(52-44)47(40-24-22-38(45)50-40)31-9-17-35(55-3)18-10-31;/h5-25,27,42,44H,26,28H2,1-4H3;/q-2;+2/b45-37-,46-39-,47-40-,48-43-;. The Hall–Kier alpha value is -6.13. The Morgan fingerprint density at radius 3 is 1.11 bits per heavy atom. The van der Waals surface area contributed by atoms with E-state index in [1.165, 1.54) is 0 Å². The summed E-state index contributed by atoms with van der Waals surface area (Å²) in [7, 11) is 6.73. The molecule has 285 valence electrons. The fraction of sp³-hybridized carbons (Fsp3) is 0.167. The van der Waals surface area contributed by atoms with Crippen LogP contribution in [-0.2, 0) is 16.8 Å². The number of ether oxygens (including phenoxy) is 4. The monoisotopic (exact) mass is 795 g/mol. The topological polar surface area (TPSA) is 89.8 Å². The molecule has 4 aromatic carbocycles. The third-order valence-corrected chi connectivity index (χ3v) is 10.8. The largest absolute Gasteiger partial charge is 2.00 e. The number of benzene rings is 4. The van der Waals surface area contributed by atoms with Crippen LogP contribution in [0.1, 0.15) is 35.1 Å². The number of methoxy groups -OCH3 is 4. The summed E-state index contributed by atoms with van der Waals surface area (Å²) >= 11 is 0. The van der Waals surface area contributed by atoms with Crippen LogP contribution in [-0.4, -0.2) is 51.9 Å². The van der Waals surface area contributed by atoms with E-state index < -0.39 is 0 Å². The summed E-state index contributed by atoms with van der Waals surface area (Å²) < 4.78 is 22.1. The van der Waals surface area contributed by atoms with Crippen molar-refractivity contribution >= 4 is 33.7 Å². The van der Waals surface area contributed by atoms with E-state index in [1.54, 1.807) is 28.4 Å². The Labute approximate surface area is 342 Å². The second-order valence-electron chi connectivity index (χ2n) is 13.9. The molecule has 1 radical (unpaired) electrons. The summed E-state index contributed by atoms with van der Waals surface area (Å²) in [5.74, 6) is 3.15. The van der Waals surface area contributed by atoms with E-state index >= 15 is 0 Å². The molecule has 1 aromatic heterocycles. The molecule has 2 atom stereocenters. The van der Waals surface area contributed by atoms with Crippen molar-refractivity contribution in [3.63, 3.8) is 0 Å². The maximum Gasteiger partial charge on any atom is 2.00 e. The number of fused-ring (bicyclic) bond motifs is 6. The zero-order valence-electron chi connectivity index (χ0n) is 32.0. The SMILES string of the molecule is COc1ccc(/C2=C3\C=CC(=N3)/C(c3ccc(OC)cc3)=c3/cc/c([n-]3)=C(\c3ccc(OC)cc3)C3=N/C(=C(/c4ccc(OC)cc4)C4CCC2[N-]4)C=C3)cc1.[Co+2]. The van der Waals surface area contributed by atoms with Crippen LogP contribution in [0.15, 0.2) is 155 Å². The van der Waals surface area contributed by atoms with Crippen LogP contribution in [0.5, 0.6) is 23.0 Å². The van der Waals surface area contributed by atoms with Gasteiger partial charge >= 0.3 is 16.8 Å². The van der Waals surface area contributed by atoms with E-state index in [1.807, 2.05) is 48.5 Å². The zero-order chi connectivity index (χ0) is 38.2. The molecule has 1 fully saturated rings. The number of nitrogens with zero attached hydrogens (tertiary/aromatic N) is 4. The van der Waals surface area contributed by atoms with Crippen LogP contribution in [0.3, 0.4) is 0 Å². The van der Waals surface area contributed by atoms with Crippen LogP contribution in [0.4, 0.5) is 0 Å². The molecule has 4 aliphatic rings. The van der Waals surface area contributed by atoms with Crippen molar-refractivity contribution in [2.45, 2.75) is 24.9 Å². The summed E-state index contributed by atoms with van der Waals surface area (Å²) in [5.41, 5.74) is 11.5. The first kappa shape index (κ1) is 37.8. The summed E-state index contributed by atoms with van der Waals surface area (Å²) in [6.07, 6.45) is 10.2. The van der Waals surface area contributed by atoms with Gasteiger partial charge in [-0.05, 0) is 117 Å². The van der Waals surface area contributed by atoms with Crippen molar-refractivity contribution < 1.29 is 35.7 Å². The molecule has 0 spiro atoms. The average molecular weight is 796 g/mol. The van der Waals surface area contributed by atoms with Gasteiger partial charge in [-0.3, -0.25) is 0 Å². The van der Waals surface area contributed by atoms with Crippen molar-refractivity contribution in [3.05, 3.63) is 183 Å². The Bertz CT molecular complexity index is 2450. The molecule has 4 aliphatic heterocycles. The van der Waals surface area contributed by atoms with Crippen LogP contribution in [0, 0.1) is 0 Å². The van der Waals surface area contributed by atoms with E-state index in [0.29, 0.717) is 0 Å². The summed E-state index contributed by atoms with van der Waals surface area (Å²) in [6, 6.07) is 36.5. The van der Waals surface area contributed by atoms with Gasteiger partial charge in [0.25, 0.3) is 0 Å². The molecule has 9 heteroatoms. The normalized spacial score (nSPS) is 22.8. The van der Waals surface area contributed by atoms with E-state index in [4.69, 9.17) is 39.2 Å². The van der Waals surface area contributed by atoms with Crippen molar-refractivity contribution in [2.24, 2.45) is 9.98 Å². The number of allylic oxidation sites excluding steroid dienone is 4. The van der Waals surface area contributed by atoms with E-state index in [9.17, 15) is 0 Å². The molecule has 0 N–H and O–H groups in total. The van der Waals surface area contributed by atoms with Crippen LogP contribution >= 0.6 is 0 Å². The van der Waals surface area contributed by atoms with Crippen molar-refractivity contribution in [3.8, 4) is 23.0 Å². The van der Waals surface area contributed by atoms with E-state index in [2.05, 4.69) is 85.0 Å². The maximum atomic E-state index is 5.62. The minimum absolute atomic E-state index is 0. The number of aliphatic imine (C=N–C) groups is 2. The molecule has 8 nitrogen and oxygen atoms in total. The van der Waals surface area contributed by atoms with Crippen LogP contribution in [0.25, 0.3) is 27.6 Å². The van der Waals surface area contributed by atoms with Gasteiger partial charge in [0.2, 0.25) is 0 Å². The van der Waals surface area contributed by atoms with Gasteiger partial charge in [-0.1, -0.05) is 73.5 Å². The Morgan fingerprint density at radius 1 is 0.439 bits per heavy atom. The fourth-order valence-electron chi connectivity index (χ4n) is 8.00. The second-order valence-corrected chi connectivity index (χ2v) is 13.9. The molecule has 57 heavy (non-hydrogen) atoms. The molecular formula is C48H40CoN4O4. The molecule has 0 amide bonds.